The van der Waals surface area contributed by atoms with Crippen LogP contribution in [0.1, 0.15) is 42.9 Å². The Balaban J connectivity index is 1.67. The summed E-state index contributed by atoms with van der Waals surface area (Å²) in [6, 6.07) is 19.2. The number of aliphatic carboxylic acids is 1. The first kappa shape index (κ1) is 26.9. The van der Waals surface area contributed by atoms with E-state index >= 15 is 0 Å². The first-order valence-electron chi connectivity index (χ1n) is 12.2. The van der Waals surface area contributed by atoms with Crippen LogP contribution in [0.2, 0.25) is 15.1 Å². The standard InChI is InChI=1S/C29H22Cl3N3O4/c30-18-10-12-22-19(14-18)27(16-5-2-1-3-6-16)28(29(39)33-22)23-15-24(17-9-11-20(31)21(32)13-17)35(34-23)25(36)7-4-8-26(37)38/h1-3,5-6,9-14,24H,4,7-8,15H2,(H,33,39)(H,37,38). The van der Waals surface area contributed by atoms with Gasteiger partial charge in [-0.3, -0.25) is 14.4 Å². The molecule has 3 aromatic carbocycles. The van der Waals surface area contributed by atoms with Gasteiger partial charge in [-0.25, -0.2) is 5.01 Å². The van der Waals surface area contributed by atoms with Crippen molar-refractivity contribution in [2.75, 3.05) is 0 Å². The number of hydrazone groups is 1. The van der Waals surface area contributed by atoms with Gasteiger partial charge in [0.2, 0.25) is 5.91 Å². The number of benzene rings is 3. The highest BCUT2D eigenvalue weighted by Gasteiger charge is 2.35. The predicted molar refractivity (Wildman–Crippen MR) is 154 cm³/mol. The van der Waals surface area contributed by atoms with Crippen molar-refractivity contribution in [3.05, 3.63) is 103 Å². The first-order valence-corrected chi connectivity index (χ1v) is 13.3. The number of hydrogen-bond acceptors (Lipinski definition) is 4. The molecule has 4 aromatic rings. The van der Waals surface area contributed by atoms with Gasteiger partial charge in [0.15, 0.2) is 0 Å². The van der Waals surface area contributed by atoms with Crippen LogP contribution >= 0.6 is 34.8 Å². The summed E-state index contributed by atoms with van der Waals surface area (Å²) in [6.07, 6.45) is 0.235. The molecular weight excluding hydrogens is 561 g/mol. The predicted octanol–water partition coefficient (Wildman–Crippen LogP) is 7.09. The SMILES string of the molecule is O=C(O)CCCC(=O)N1N=C(c2c(-c3ccccc3)c3cc(Cl)ccc3[nH]c2=O)CC1c1ccc(Cl)c(Cl)c1. The number of halogens is 3. The molecule has 0 fully saturated rings. The first-order chi connectivity index (χ1) is 18.7. The van der Waals surface area contributed by atoms with Crippen LogP contribution < -0.4 is 5.56 Å². The number of H-pyrrole nitrogens is 1. The zero-order chi connectivity index (χ0) is 27.7. The maximum absolute atomic E-state index is 13.6. The van der Waals surface area contributed by atoms with Crippen LogP contribution in [0.5, 0.6) is 0 Å². The second kappa shape index (κ2) is 11.2. The normalized spacial score (nSPS) is 15.0. The molecule has 39 heavy (non-hydrogen) atoms. The highest BCUT2D eigenvalue weighted by molar-refractivity contribution is 6.42. The highest BCUT2D eigenvalue weighted by atomic mass is 35.5. The number of nitrogens with one attached hydrogen (secondary N) is 1. The highest BCUT2D eigenvalue weighted by Crippen LogP contribution is 2.39. The Bertz CT molecular complexity index is 1690. The van der Waals surface area contributed by atoms with Crippen LogP contribution in [0.3, 0.4) is 0 Å². The third kappa shape index (κ3) is 5.57. The molecular formula is C29H22Cl3N3O4. The van der Waals surface area contributed by atoms with Gasteiger partial charge in [0.25, 0.3) is 5.56 Å². The van der Waals surface area contributed by atoms with E-state index in [0.717, 1.165) is 10.9 Å². The van der Waals surface area contributed by atoms with Crippen molar-refractivity contribution < 1.29 is 14.7 Å². The number of carbonyl (C=O) groups excluding carboxylic acids is 1. The van der Waals surface area contributed by atoms with E-state index in [1.165, 1.54) is 5.01 Å². The fraction of sp³-hybridized carbons (Fsp3) is 0.172. The Morgan fingerprint density at radius 1 is 0.949 bits per heavy atom. The number of fused-ring (bicyclic) bond motifs is 1. The van der Waals surface area contributed by atoms with E-state index in [0.29, 0.717) is 43.0 Å². The Hall–Kier alpha value is -3.65. The second-order valence-electron chi connectivity index (χ2n) is 9.19. The molecule has 0 radical (unpaired) electrons. The lowest BCUT2D eigenvalue weighted by atomic mass is 9.91. The van der Waals surface area contributed by atoms with Gasteiger partial charge in [-0.2, -0.15) is 5.10 Å². The Morgan fingerprint density at radius 2 is 1.72 bits per heavy atom. The van der Waals surface area contributed by atoms with Crippen molar-refractivity contribution in [1.29, 1.82) is 0 Å². The van der Waals surface area contributed by atoms with Gasteiger partial charge < -0.3 is 10.1 Å². The van der Waals surface area contributed by atoms with E-state index in [-0.39, 0.29) is 37.1 Å². The monoisotopic (exact) mass is 581 g/mol. The van der Waals surface area contributed by atoms with E-state index in [2.05, 4.69) is 10.1 Å². The molecule has 7 nitrogen and oxygen atoms in total. The number of nitrogens with zero attached hydrogens (tertiary/aromatic N) is 2. The summed E-state index contributed by atoms with van der Waals surface area (Å²) in [7, 11) is 0. The molecule has 1 amide bonds. The third-order valence-corrected chi connectivity index (χ3v) is 7.58. The van der Waals surface area contributed by atoms with Gasteiger partial charge in [-0.15, -0.1) is 0 Å². The summed E-state index contributed by atoms with van der Waals surface area (Å²) in [6.45, 7) is 0. The number of aromatic amines is 1. The molecule has 1 aromatic heterocycles. The van der Waals surface area contributed by atoms with Crippen molar-refractivity contribution in [1.82, 2.24) is 9.99 Å². The van der Waals surface area contributed by atoms with Gasteiger partial charge in [-0.05, 0) is 47.9 Å². The Kier molecular flexibility index (Phi) is 7.75. The molecule has 10 heteroatoms. The average molecular weight is 583 g/mol. The third-order valence-electron chi connectivity index (χ3n) is 6.60. The molecule has 1 aliphatic rings. The lowest BCUT2D eigenvalue weighted by Gasteiger charge is -2.22. The minimum atomic E-state index is -0.983. The smallest absolute Gasteiger partial charge is 0.303 e. The van der Waals surface area contributed by atoms with Crippen LogP contribution in [0.4, 0.5) is 0 Å². The van der Waals surface area contributed by atoms with Gasteiger partial charge in [0, 0.05) is 40.8 Å². The summed E-state index contributed by atoms with van der Waals surface area (Å²) in [5, 5.41) is 16.9. The van der Waals surface area contributed by atoms with Crippen LogP contribution in [-0.2, 0) is 9.59 Å². The summed E-state index contributed by atoms with van der Waals surface area (Å²) in [4.78, 5) is 40.8. The largest absolute Gasteiger partial charge is 0.481 e. The Labute approximate surface area is 238 Å². The van der Waals surface area contributed by atoms with Crippen LogP contribution in [-0.4, -0.2) is 32.7 Å². The van der Waals surface area contributed by atoms with Crippen LogP contribution in [0.15, 0.2) is 76.6 Å². The van der Waals surface area contributed by atoms with Gasteiger partial charge >= 0.3 is 5.97 Å². The number of rotatable bonds is 7. The number of carbonyl (C=O) groups is 2. The Morgan fingerprint density at radius 3 is 2.44 bits per heavy atom. The molecule has 198 valence electrons. The summed E-state index contributed by atoms with van der Waals surface area (Å²) < 4.78 is 0. The fourth-order valence-electron chi connectivity index (χ4n) is 4.82. The van der Waals surface area contributed by atoms with Crippen molar-refractivity contribution in [3.63, 3.8) is 0 Å². The summed E-state index contributed by atoms with van der Waals surface area (Å²) >= 11 is 18.8. The maximum Gasteiger partial charge on any atom is 0.303 e. The molecule has 0 spiro atoms. The number of carboxylic acid groups (broad SMARTS) is 1. The number of carboxylic acids is 1. The van der Waals surface area contributed by atoms with Crippen LogP contribution in [0, 0.1) is 0 Å². The van der Waals surface area contributed by atoms with E-state index in [1.807, 2.05) is 30.3 Å². The molecule has 0 bridgehead atoms. The molecule has 0 aliphatic carbocycles. The molecule has 1 atom stereocenters. The van der Waals surface area contributed by atoms with Crippen LogP contribution in [0.25, 0.3) is 22.0 Å². The number of hydrogen-bond donors (Lipinski definition) is 2. The lowest BCUT2D eigenvalue weighted by molar-refractivity contribution is -0.137. The molecule has 2 N–H and O–H groups in total. The van der Waals surface area contributed by atoms with Gasteiger partial charge in [0.1, 0.15) is 0 Å². The van der Waals surface area contributed by atoms with Gasteiger partial charge in [0.05, 0.1) is 27.4 Å². The average Bonchev–Trinajstić information content (AvgIpc) is 3.35. The topological polar surface area (TPSA) is 103 Å². The zero-order valence-electron chi connectivity index (χ0n) is 20.5. The van der Waals surface area contributed by atoms with Crippen molar-refractivity contribution in [3.8, 4) is 11.1 Å². The maximum atomic E-state index is 13.6. The minimum absolute atomic E-state index is 0.0177. The van der Waals surface area contributed by atoms with E-state index in [9.17, 15) is 14.4 Å². The quantitative estimate of drug-likeness (QED) is 0.243. The zero-order valence-corrected chi connectivity index (χ0v) is 22.7. The molecule has 5 rings (SSSR count). The van der Waals surface area contributed by atoms with Crippen molar-refractivity contribution in [2.45, 2.75) is 31.7 Å². The van der Waals surface area contributed by atoms with E-state index in [1.54, 1.807) is 36.4 Å². The molecule has 1 aliphatic heterocycles. The number of pyridine rings is 1. The summed E-state index contributed by atoms with van der Waals surface area (Å²) in [5.41, 5.74) is 3.16. The van der Waals surface area contributed by atoms with E-state index < -0.39 is 12.0 Å². The van der Waals surface area contributed by atoms with Gasteiger partial charge in [-0.1, -0.05) is 71.2 Å². The molecule has 1 unspecified atom stereocenters. The molecule has 0 saturated heterocycles. The van der Waals surface area contributed by atoms with Crippen molar-refractivity contribution >= 4 is 63.3 Å². The number of amides is 1. The summed E-state index contributed by atoms with van der Waals surface area (Å²) in [5.74, 6) is -1.34. The van der Waals surface area contributed by atoms with Crippen molar-refractivity contribution in [2.24, 2.45) is 5.10 Å². The van der Waals surface area contributed by atoms with E-state index in [4.69, 9.17) is 39.9 Å². The second-order valence-corrected chi connectivity index (χ2v) is 10.4. The minimum Gasteiger partial charge on any atom is -0.481 e. The molecule has 0 saturated carbocycles. The number of aromatic nitrogens is 1. The fourth-order valence-corrected chi connectivity index (χ4v) is 5.30. The molecule has 2 heterocycles. The lowest BCUT2D eigenvalue weighted by Crippen LogP contribution is -2.27.